The molecular formula is C12H14ClF3N2O. The number of hydrogen-bond acceptors (Lipinski definition) is 3. The van der Waals surface area contributed by atoms with Crippen LogP contribution < -0.4 is 4.90 Å². The lowest BCUT2D eigenvalue weighted by molar-refractivity contribution is -0.137. The maximum Gasteiger partial charge on any atom is 0.416 e. The van der Waals surface area contributed by atoms with Crippen LogP contribution in [-0.4, -0.2) is 29.3 Å². The molecule has 1 aliphatic heterocycles. The van der Waals surface area contributed by atoms with E-state index in [1.54, 1.807) is 4.90 Å². The summed E-state index contributed by atoms with van der Waals surface area (Å²) < 4.78 is 38.1. The zero-order valence-corrected chi connectivity index (χ0v) is 11.0. The van der Waals surface area contributed by atoms with E-state index in [0.717, 1.165) is 12.1 Å². The molecule has 2 atom stereocenters. The lowest BCUT2D eigenvalue weighted by atomic mass is 9.96. The van der Waals surface area contributed by atoms with Gasteiger partial charge in [-0.3, -0.25) is 0 Å². The first-order valence-corrected chi connectivity index (χ1v) is 6.33. The highest BCUT2D eigenvalue weighted by atomic mass is 35.5. The monoisotopic (exact) mass is 294 g/mol. The van der Waals surface area contributed by atoms with Crippen LogP contribution in [0.1, 0.15) is 18.9 Å². The Bertz CT molecular complexity index is 467. The smallest absolute Gasteiger partial charge is 0.391 e. The number of anilines is 1. The molecule has 1 aliphatic rings. The second-order valence-corrected chi connectivity index (χ2v) is 5.20. The molecule has 0 saturated carbocycles. The predicted molar refractivity (Wildman–Crippen MR) is 66.2 cm³/mol. The number of hydrogen-bond donors (Lipinski definition) is 1. The summed E-state index contributed by atoms with van der Waals surface area (Å²) in [6, 6.07) is 1.77. The number of rotatable bonds is 1. The van der Waals surface area contributed by atoms with Gasteiger partial charge in [0.2, 0.25) is 0 Å². The summed E-state index contributed by atoms with van der Waals surface area (Å²) in [4.78, 5) is 5.54. The average molecular weight is 295 g/mol. The van der Waals surface area contributed by atoms with Crippen LogP contribution >= 0.6 is 11.6 Å². The molecule has 0 aliphatic carbocycles. The lowest BCUT2D eigenvalue weighted by Gasteiger charge is -2.35. The molecule has 2 rings (SSSR count). The van der Waals surface area contributed by atoms with Gasteiger partial charge in [-0.1, -0.05) is 18.5 Å². The van der Waals surface area contributed by atoms with Crippen LogP contribution in [0.3, 0.4) is 0 Å². The van der Waals surface area contributed by atoms with Crippen LogP contribution in [0.15, 0.2) is 12.1 Å². The second kappa shape index (κ2) is 5.17. The zero-order chi connectivity index (χ0) is 14.2. The highest BCUT2D eigenvalue weighted by Gasteiger charge is 2.33. The van der Waals surface area contributed by atoms with Crippen molar-refractivity contribution in [3.8, 4) is 0 Å². The summed E-state index contributed by atoms with van der Waals surface area (Å²) in [5.41, 5.74) is -0.824. The van der Waals surface area contributed by atoms with E-state index in [-0.39, 0.29) is 23.4 Å². The fourth-order valence-corrected chi connectivity index (χ4v) is 2.27. The van der Waals surface area contributed by atoms with Crippen molar-refractivity contribution in [2.24, 2.45) is 5.92 Å². The van der Waals surface area contributed by atoms with E-state index in [4.69, 9.17) is 11.6 Å². The lowest BCUT2D eigenvalue weighted by Crippen LogP contribution is -2.43. The first-order chi connectivity index (χ1) is 8.77. The van der Waals surface area contributed by atoms with Crippen LogP contribution in [0.5, 0.6) is 0 Å². The first kappa shape index (κ1) is 14.4. The Hall–Kier alpha value is -1.01. The minimum atomic E-state index is -4.46. The Balaban J connectivity index is 2.28. The van der Waals surface area contributed by atoms with Crippen molar-refractivity contribution in [1.29, 1.82) is 0 Å². The first-order valence-electron chi connectivity index (χ1n) is 5.95. The Morgan fingerprint density at radius 2 is 2.11 bits per heavy atom. The van der Waals surface area contributed by atoms with E-state index in [9.17, 15) is 18.3 Å². The van der Waals surface area contributed by atoms with Gasteiger partial charge < -0.3 is 10.0 Å². The normalized spacial score (nSPS) is 24.6. The molecule has 1 aromatic heterocycles. The fraction of sp³-hybridized carbons (Fsp3) is 0.583. The molecule has 0 bridgehead atoms. The Labute approximate surface area is 114 Å². The molecular weight excluding hydrogens is 281 g/mol. The summed E-state index contributed by atoms with van der Waals surface area (Å²) >= 11 is 5.64. The van der Waals surface area contributed by atoms with Crippen molar-refractivity contribution < 1.29 is 18.3 Å². The van der Waals surface area contributed by atoms with Crippen molar-refractivity contribution in [2.45, 2.75) is 25.6 Å². The number of aliphatic hydroxyl groups is 1. The summed E-state index contributed by atoms with van der Waals surface area (Å²) in [6.07, 6.45) is -4.32. The van der Waals surface area contributed by atoms with E-state index in [1.807, 2.05) is 6.92 Å². The van der Waals surface area contributed by atoms with E-state index >= 15 is 0 Å². The molecule has 1 saturated heterocycles. The Kier molecular flexibility index (Phi) is 3.92. The standard InChI is InChI=1S/C12H14ClF3N2O/c1-7-2-3-18(6-9(7)19)11-5-8(12(14,15)16)4-10(13)17-11/h4-5,7,9,19H,2-3,6H2,1H3. The molecule has 106 valence electrons. The van der Waals surface area contributed by atoms with Gasteiger partial charge in [0.05, 0.1) is 11.7 Å². The Morgan fingerprint density at radius 1 is 1.42 bits per heavy atom. The molecule has 0 spiro atoms. The van der Waals surface area contributed by atoms with Crippen molar-refractivity contribution in [2.75, 3.05) is 18.0 Å². The topological polar surface area (TPSA) is 36.4 Å². The third-order valence-corrected chi connectivity index (χ3v) is 3.54. The van der Waals surface area contributed by atoms with Crippen molar-refractivity contribution in [1.82, 2.24) is 4.98 Å². The zero-order valence-electron chi connectivity index (χ0n) is 10.3. The van der Waals surface area contributed by atoms with Gasteiger partial charge in [-0.2, -0.15) is 13.2 Å². The van der Waals surface area contributed by atoms with Crippen LogP contribution in [0.2, 0.25) is 5.15 Å². The molecule has 2 unspecified atom stereocenters. The molecule has 3 nitrogen and oxygen atoms in total. The van der Waals surface area contributed by atoms with Crippen LogP contribution in [0.25, 0.3) is 0 Å². The number of halogens is 4. The van der Waals surface area contributed by atoms with Gasteiger partial charge in [-0.15, -0.1) is 0 Å². The maximum atomic E-state index is 12.7. The van der Waals surface area contributed by atoms with Crippen LogP contribution in [0, 0.1) is 5.92 Å². The fourth-order valence-electron chi connectivity index (χ4n) is 2.07. The summed E-state index contributed by atoms with van der Waals surface area (Å²) in [5, 5.41) is 9.59. The van der Waals surface area contributed by atoms with Crippen molar-refractivity contribution in [3.63, 3.8) is 0 Å². The molecule has 0 amide bonds. The van der Waals surface area contributed by atoms with Crippen molar-refractivity contribution >= 4 is 17.4 Å². The van der Waals surface area contributed by atoms with Crippen molar-refractivity contribution in [3.05, 3.63) is 22.8 Å². The highest BCUT2D eigenvalue weighted by Crippen LogP contribution is 2.33. The van der Waals surface area contributed by atoms with E-state index in [0.29, 0.717) is 13.0 Å². The summed E-state index contributed by atoms with van der Waals surface area (Å²) in [5.74, 6) is 0.295. The largest absolute Gasteiger partial charge is 0.416 e. The van der Waals surface area contributed by atoms with Gasteiger partial charge in [0.1, 0.15) is 11.0 Å². The molecule has 2 heterocycles. The summed E-state index contributed by atoms with van der Waals surface area (Å²) in [6.45, 7) is 2.74. The van der Waals surface area contributed by atoms with Gasteiger partial charge in [-0.05, 0) is 24.5 Å². The number of β-amino-alcohol motifs (C(OH)–C–C–N with tert-alkyl or cyclic N) is 1. The number of nitrogens with zero attached hydrogens (tertiary/aromatic N) is 2. The second-order valence-electron chi connectivity index (χ2n) is 4.81. The molecule has 1 N–H and O–H groups in total. The summed E-state index contributed by atoms with van der Waals surface area (Å²) in [7, 11) is 0. The minimum absolute atomic E-state index is 0.137. The molecule has 1 aromatic rings. The molecule has 0 aromatic carbocycles. The SMILES string of the molecule is CC1CCN(c2cc(C(F)(F)F)cc(Cl)n2)CC1O. The molecule has 7 heteroatoms. The van der Waals surface area contributed by atoms with Gasteiger partial charge in [0.25, 0.3) is 0 Å². The number of piperidine rings is 1. The van der Waals surface area contributed by atoms with Crippen LogP contribution in [0.4, 0.5) is 19.0 Å². The van der Waals surface area contributed by atoms with Gasteiger partial charge >= 0.3 is 6.18 Å². The minimum Gasteiger partial charge on any atom is -0.391 e. The molecule has 19 heavy (non-hydrogen) atoms. The number of aliphatic hydroxyl groups excluding tert-OH is 1. The number of pyridine rings is 1. The third kappa shape index (κ3) is 3.30. The van der Waals surface area contributed by atoms with Gasteiger partial charge in [-0.25, -0.2) is 4.98 Å². The van der Waals surface area contributed by atoms with Gasteiger partial charge in [0.15, 0.2) is 0 Å². The average Bonchev–Trinajstić information content (AvgIpc) is 2.31. The van der Waals surface area contributed by atoms with Crippen LogP contribution in [-0.2, 0) is 6.18 Å². The van der Waals surface area contributed by atoms with E-state index < -0.39 is 17.8 Å². The van der Waals surface area contributed by atoms with E-state index in [1.165, 1.54) is 0 Å². The quantitative estimate of drug-likeness (QED) is 0.809. The molecule has 1 fully saturated rings. The maximum absolute atomic E-state index is 12.7. The highest BCUT2D eigenvalue weighted by molar-refractivity contribution is 6.29. The van der Waals surface area contributed by atoms with Gasteiger partial charge in [0, 0.05) is 13.1 Å². The predicted octanol–water partition coefficient (Wildman–Crippen LogP) is 2.96. The molecule has 0 radical (unpaired) electrons. The third-order valence-electron chi connectivity index (χ3n) is 3.35. The Morgan fingerprint density at radius 3 is 2.68 bits per heavy atom. The van der Waals surface area contributed by atoms with E-state index in [2.05, 4.69) is 4.98 Å². The number of alkyl halides is 3. The number of aromatic nitrogens is 1.